The molecule has 1 aromatic heterocycles. The van der Waals surface area contributed by atoms with E-state index in [1.807, 2.05) is 35.0 Å². The smallest absolute Gasteiger partial charge is 0.317 e. The van der Waals surface area contributed by atoms with Crippen molar-refractivity contribution in [2.45, 2.75) is 38.1 Å². The van der Waals surface area contributed by atoms with Gasteiger partial charge in [-0.2, -0.15) is 5.10 Å². The number of nitrogens with zero attached hydrogens (tertiary/aromatic N) is 3. The highest BCUT2D eigenvalue weighted by molar-refractivity contribution is 5.74. The van der Waals surface area contributed by atoms with E-state index in [0.29, 0.717) is 26.1 Å². The third-order valence-corrected chi connectivity index (χ3v) is 6.30. The van der Waals surface area contributed by atoms with E-state index in [1.54, 1.807) is 4.90 Å². The molecule has 0 radical (unpaired) electrons. The number of halogens is 2. The number of aromatic nitrogens is 2. The van der Waals surface area contributed by atoms with Crippen molar-refractivity contribution in [2.24, 2.45) is 0 Å². The van der Waals surface area contributed by atoms with Crippen LogP contribution in [0.4, 0.5) is 13.6 Å². The molecule has 1 fully saturated rings. The first-order chi connectivity index (χ1) is 15.1. The maximum Gasteiger partial charge on any atom is 0.317 e. The van der Waals surface area contributed by atoms with Crippen molar-refractivity contribution in [3.63, 3.8) is 0 Å². The number of carbonyl (C=O) groups is 1. The Morgan fingerprint density at radius 2 is 1.84 bits per heavy atom. The van der Waals surface area contributed by atoms with Crippen LogP contribution in [-0.2, 0) is 19.4 Å². The molecule has 5 rings (SSSR count). The summed E-state index contributed by atoms with van der Waals surface area (Å²) in [5.41, 5.74) is 4.42. The first-order valence-electron chi connectivity index (χ1n) is 10.7. The number of hydrogen-bond donors (Lipinski definition) is 1. The number of fused-ring (bicyclic) bond motifs is 1. The fourth-order valence-electron chi connectivity index (χ4n) is 4.79. The molecule has 3 aromatic rings. The van der Waals surface area contributed by atoms with Gasteiger partial charge < -0.3 is 10.2 Å². The highest BCUT2D eigenvalue weighted by Gasteiger charge is 2.31. The number of urea groups is 1. The molecule has 0 bridgehead atoms. The lowest BCUT2D eigenvalue weighted by Gasteiger charge is -2.18. The second-order valence-electron chi connectivity index (χ2n) is 8.20. The summed E-state index contributed by atoms with van der Waals surface area (Å²) >= 11 is 0. The summed E-state index contributed by atoms with van der Waals surface area (Å²) < 4.78 is 30.2. The van der Waals surface area contributed by atoms with E-state index in [0.717, 1.165) is 30.6 Å². The molecule has 7 heteroatoms. The van der Waals surface area contributed by atoms with Gasteiger partial charge in [0, 0.05) is 30.3 Å². The molecule has 160 valence electrons. The first kappa shape index (κ1) is 19.7. The van der Waals surface area contributed by atoms with Crippen molar-refractivity contribution < 1.29 is 13.6 Å². The molecule has 2 amide bonds. The Balaban J connectivity index is 1.27. The van der Waals surface area contributed by atoms with Crippen LogP contribution < -0.4 is 5.32 Å². The van der Waals surface area contributed by atoms with Crippen LogP contribution in [0.25, 0.3) is 5.69 Å². The molecule has 2 heterocycles. The summed E-state index contributed by atoms with van der Waals surface area (Å²) in [6, 6.07) is 13.7. The second-order valence-corrected chi connectivity index (χ2v) is 8.20. The van der Waals surface area contributed by atoms with Crippen LogP contribution in [0.1, 0.15) is 41.3 Å². The average molecular weight is 422 g/mol. The van der Waals surface area contributed by atoms with Crippen LogP contribution >= 0.6 is 0 Å². The van der Waals surface area contributed by atoms with Gasteiger partial charge >= 0.3 is 6.03 Å². The summed E-state index contributed by atoms with van der Waals surface area (Å²) in [4.78, 5) is 14.4. The van der Waals surface area contributed by atoms with Crippen molar-refractivity contribution in [2.75, 3.05) is 13.1 Å². The molecule has 0 spiro atoms. The van der Waals surface area contributed by atoms with Gasteiger partial charge in [0.25, 0.3) is 0 Å². The topological polar surface area (TPSA) is 50.2 Å². The normalized spacial score (nSPS) is 17.7. The molecule has 31 heavy (non-hydrogen) atoms. The van der Waals surface area contributed by atoms with E-state index in [9.17, 15) is 13.6 Å². The number of benzene rings is 2. The van der Waals surface area contributed by atoms with Crippen LogP contribution in [0.2, 0.25) is 0 Å². The summed E-state index contributed by atoms with van der Waals surface area (Å²) in [5.74, 6) is -1.42. The Hall–Kier alpha value is -3.22. The van der Waals surface area contributed by atoms with Crippen molar-refractivity contribution in [1.82, 2.24) is 20.0 Å². The standard InChI is InChI=1S/C24H24F2N4O/c25-19-9-5-10-20(26)23(19)16-12-13-29(15-16)24(31)27-14-21-18-8-4-11-22(18)30(28-21)17-6-2-1-3-7-17/h1-3,5-7,9-10,16H,4,8,11-15H2,(H,27,31). The quantitative estimate of drug-likeness (QED) is 0.680. The van der Waals surface area contributed by atoms with E-state index >= 15 is 0 Å². The van der Waals surface area contributed by atoms with Gasteiger partial charge in [-0.05, 0) is 55.5 Å². The molecule has 2 aliphatic rings. The number of para-hydroxylation sites is 1. The van der Waals surface area contributed by atoms with Crippen LogP contribution in [0.15, 0.2) is 48.5 Å². The van der Waals surface area contributed by atoms with Crippen molar-refractivity contribution in [1.29, 1.82) is 0 Å². The van der Waals surface area contributed by atoms with Crippen molar-refractivity contribution in [3.05, 3.63) is 82.7 Å². The average Bonchev–Trinajstić information content (AvgIpc) is 3.50. The zero-order valence-electron chi connectivity index (χ0n) is 17.2. The Kier molecular flexibility index (Phi) is 5.18. The lowest BCUT2D eigenvalue weighted by molar-refractivity contribution is 0.207. The highest BCUT2D eigenvalue weighted by atomic mass is 19.1. The minimum atomic E-state index is -0.547. The molecule has 5 nitrogen and oxygen atoms in total. The van der Waals surface area contributed by atoms with E-state index in [2.05, 4.69) is 5.32 Å². The number of nitrogens with one attached hydrogen (secondary N) is 1. The summed E-state index contributed by atoms with van der Waals surface area (Å²) in [7, 11) is 0. The van der Waals surface area contributed by atoms with Gasteiger partial charge in [0.1, 0.15) is 11.6 Å². The van der Waals surface area contributed by atoms with Crippen LogP contribution in [0.5, 0.6) is 0 Å². The fraction of sp³-hybridized carbons (Fsp3) is 0.333. The van der Waals surface area contributed by atoms with Gasteiger partial charge in [-0.1, -0.05) is 24.3 Å². The van der Waals surface area contributed by atoms with Gasteiger partial charge in [-0.3, -0.25) is 0 Å². The number of amides is 2. The zero-order chi connectivity index (χ0) is 21.4. The predicted octanol–water partition coefficient (Wildman–Crippen LogP) is 4.34. The van der Waals surface area contributed by atoms with E-state index in [4.69, 9.17) is 5.10 Å². The lowest BCUT2D eigenvalue weighted by atomic mass is 9.97. The molecule has 1 aliphatic heterocycles. The third kappa shape index (κ3) is 3.69. The molecule has 1 N–H and O–H groups in total. The third-order valence-electron chi connectivity index (χ3n) is 6.30. The first-order valence-corrected chi connectivity index (χ1v) is 10.7. The monoisotopic (exact) mass is 422 g/mol. The van der Waals surface area contributed by atoms with Gasteiger partial charge in [-0.15, -0.1) is 0 Å². The van der Waals surface area contributed by atoms with Crippen LogP contribution in [0, 0.1) is 11.6 Å². The minimum absolute atomic E-state index is 0.0808. The molecule has 2 aromatic carbocycles. The number of rotatable bonds is 4. The maximum absolute atomic E-state index is 14.1. The van der Waals surface area contributed by atoms with Gasteiger partial charge in [0.15, 0.2) is 0 Å². The van der Waals surface area contributed by atoms with Gasteiger partial charge in [0.2, 0.25) is 0 Å². The predicted molar refractivity (Wildman–Crippen MR) is 113 cm³/mol. The molecule has 1 aliphatic carbocycles. The molecule has 1 unspecified atom stereocenters. The number of likely N-dealkylation sites (tertiary alicyclic amines) is 1. The van der Waals surface area contributed by atoms with Gasteiger partial charge in [-0.25, -0.2) is 18.3 Å². The largest absolute Gasteiger partial charge is 0.332 e. The van der Waals surface area contributed by atoms with Crippen molar-refractivity contribution >= 4 is 6.03 Å². The summed E-state index contributed by atoms with van der Waals surface area (Å²) in [6.45, 7) is 1.12. The summed E-state index contributed by atoms with van der Waals surface area (Å²) in [6.07, 6.45) is 3.57. The fourth-order valence-corrected chi connectivity index (χ4v) is 4.79. The maximum atomic E-state index is 14.1. The highest BCUT2D eigenvalue weighted by Crippen LogP contribution is 2.31. The summed E-state index contributed by atoms with van der Waals surface area (Å²) in [5, 5.41) is 7.73. The Morgan fingerprint density at radius 3 is 2.61 bits per heavy atom. The van der Waals surface area contributed by atoms with Crippen LogP contribution in [-0.4, -0.2) is 33.8 Å². The lowest BCUT2D eigenvalue weighted by Crippen LogP contribution is -2.38. The SMILES string of the molecule is O=C(NCc1nn(-c2ccccc2)c2c1CCC2)N1CCC(c2c(F)cccc2F)C1. The minimum Gasteiger partial charge on any atom is -0.332 e. The zero-order valence-corrected chi connectivity index (χ0v) is 17.2. The Labute approximate surface area is 179 Å². The van der Waals surface area contributed by atoms with Gasteiger partial charge in [0.05, 0.1) is 17.9 Å². The molecular weight excluding hydrogens is 398 g/mol. The van der Waals surface area contributed by atoms with E-state index in [1.165, 1.54) is 29.5 Å². The van der Waals surface area contributed by atoms with Crippen molar-refractivity contribution in [3.8, 4) is 5.69 Å². The van der Waals surface area contributed by atoms with E-state index in [-0.39, 0.29) is 17.5 Å². The second kappa shape index (κ2) is 8.13. The van der Waals surface area contributed by atoms with E-state index < -0.39 is 11.6 Å². The Bertz CT molecular complexity index is 1090. The molecule has 0 saturated carbocycles. The Morgan fingerprint density at radius 1 is 1.06 bits per heavy atom. The number of carbonyl (C=O) groups excluding carboxylic acids is 1. The van der Waals surface area contributed by atoms with Crippen LogP contribution in [0.3, 0.4) is 0 Å². The molecule has 1 atom stereocenters. The molecule has 1 saturated heterocycles. The number of hydrogen-bond acceptors (Lipinski definition) is 2. The molecular formula is C24H24F2N4O.